The molecule has 0 saturated heterocycles. The maximum absolute atomic E-state index is 4.22. The van der Waals surface area contributed by atoms with E-state index in [1.54, 1.807) is 0 Å². The zero-order valence-corrected chi connectivity index (χ0v) is 11.4. The fourth-order valence-electron chi connectivity index (χ4n) is 2.14. The molecule has 18 heavy (non-hydrogen) atoms. The predicted molar refractivity (Wildman–Crippen MR) is 73.4 cm³/mol. The summed E-state index contributed by atoms with van der Waals surface area (Å²) in [5.41, 5.74) is 2.69. The van der Waals surface area contributed by atoms with Crippen molar-refractivity contribution in [1.82, 2.24) is 14.8 Å². The maximum Gasteiger partial charge on any atom is 0.133 e. The van der Waals surface area contributed by atoms with Gasteiger partial charge in [-0.3, -0.25) is 0 Å². The zero-order chi connectivity index (χ0) is 13.0. The van der Waals surface area contributed by atoms with E-state index < -0.39 is 0 Å². The van der Waals surface area contributed by atoms with Crippen molar-refractivity contribution in [2.24, 2.45) is 5.92 Å². The second-order valence-electron chi connectivity index (χ2n) is 5.28. The molecule has 3 nitrogen and oxygen atoms in total. The molecule has 2 aromatic rings. The second kappa shape index (κ2) is 5.80. The lowest BCUT2D eigenvalue weighted by atomic mass is 10.1. The maximum atomic E-state index is 4.22. The van der Waals surface area contributed by atoms with Crippen LogP contribution in [0.15, 0.2) is 30.6 Å². The van der Waals surface area contributed by atoms with Crippen LogP contribution in [0.1, 0.15) is 30.8 Å². The van der Waals surface area contributed by atoms with Gasteiger partial charge in [-0.2, -0.15) is 0 Å². The van der Waals surface area contributed by atoms with E-state index in [0.717, 1.165) is 25.2 Å². The summed E-state index contributed by atoms with van der Waals surface area (Å²) in [5.74, 6) is 1.71. The first-order valence-electron chi connectivity index (χ1n) is 6.57. The largest absolute Gasteiger partial charge is 0.317 e. The Morgan fingerprint density at radius 2 is 2.06 bits per heavy atom. The number of benzene rings is 1. The molecule has 0 amide bonds. The third kappa shape index (κ3) is 3.42. The summed E-state index contributed by atoms with van der Waals surface area (Å²) >= 11 is 0. The van der Waals surface area contributed by atoms with Gasteiger partial charge in [0.15, 0.2) is 0 Å². The Bertz CT molecular complexity index is 500. The topological polar surface area (TPSA) is 30.7 Å². The van der Waals surface area contributed by atoms with Crippen LogP contribution >= 0.6 is 0 Å². The monoisotopic (exact) mass is 243 g/mol. The Morgan fingerprint density at radius 1 is 1.22 bits per heavy atom. The lowest BCUT2D eigenvalue weighted by molar-refractivity contribution is 0.505. The molecular formula is C15H21N3. The molecule has 96 valence electrons. The van der Waals surface area contributed by atoms with E-state index in [2.05, 4.69) is 59.8 Å². The molecule has 0 spiro atoms. The van der Waals surface area contributed by atoms with Crippen LogP contribution in [0.2, 0.25) is 0 Å². The van der Waals surface area contributed by atoms with Gasteiger partial charge in [0.1, 0.15) is 12.2 Å². The Morgan fingerprint density at radius 3 is 2.78 bits per heavy atom. The Labute approximate surface area is 109 Å². The zero-order valence-electron chi connectivity index (χ0n) is 11.4. The number of hydrogen-bond donors (Lipinski definition) is 0. The van der Waals surface area contributed by atoms with Gasteiger partial charge >= 0.3 is 0 Å². The van der Waals surface area contributed by atoms with Crippen molar-refractivity contribution in [2.45, 2.75) is 40.2 Å². The summed E-state index contributed by atoms with van der Waals surface area (Å²) in [5, 5.41) is 8.24. The van der Waals surface area contributed by atoms with E-state index in [0.29, 0.717) is 5.92 Å². The minimum absolute atomic E-state index is 0.624. The van der Waals surface area contributed by atoms with Crippen molar-refractivity contribution in [3.05, 3.63) is 47.5 Å². The van der Waals surface area contributed by atoms with E-state index >= 15 is 0 Å². The van der Waals surface area contributed by atoms with Gasteiger partial charge < -0.3 is 4.57 Å². The van der Waals surface area contributed by atoms with Gasteiger partial charge in [0.05, 0.1) is 0 Å². The van der Waals surface area contributed by atoms with Crippen molar-refractivity contribution < 1.29 is 0 Å². The second-order valence-corrected chi connectivity index (χ2v) is 5.28. The van der Waals surface area contributed by atoms with E-state index in [1.807, 2.05) is 6.33 Å². The predicted octanol–water partition coefficient (Wildman–Crippen LogP) is 3.03. The van der Waals surface area contributed by atoms with Gasteiger partial charge in [-0.25, -0.2) is 0 Å². The average Bonchev–Trinajstić information content (AvgIpc) is 2.73. The average molecular weight is 243 g/mol. The molecule has 0 N–H and O–H groups in total. The van der Waals surface area contributed by atoms with Crippen molar-refractivity contribution in [1.29, 1.82) is 0 Å². The standard InChI is InChI=1S/C15H21N3/c1-12(2)10-18-11-16-17-15(18)8-7-14-6-4-5-13(3)9-14/h4-6,9,11-12H,7-8,10H2,1-3H3. The van der Waals surface area contributed by atoms with Crippen LogP contribution in [0.4, 0.5) is 0 Å². The molecule has 3 heteroatoms. The van der Waals surface area contributed by atoms with Crippen LogP contribution in [-0.2, 0) is 19.4 Å². The molecule has 0 unspecified atom stereocenters. The van der Waals surface area contributed by atoms with Gasteiger partial charge in [-0.15, -0.1) is 10.2 Å². The van der Waals surface area contributed by atoms with Gasteiger partial charge in [0, 0.05) is 13.0 Å². The van der Waals surface area contributed by atoms with Crippen LogP contribution in [0.25, 0.3) is 0 Å². The molecule has 0 radical (unpaired) electrons. The normalized spacial score (nSPS) is 11.1. The molecule has 1 aromatic heterocycles. The van der Waals surface area contributed by atoms with E-state index in [4.69, 9.17) is 0 Å². The first-order valence-corrected chi connectivity index (χ1v) is 6.57. The first-order chi connectivity index (χ1) is 8.65. The highest BCUT2D eigenvalue weighted by molar-refractivity contribution is 5.22. The molecule has 0 saturated carbocycles. The molecule has 0 aliphatic rings. The Balaban J connectivity index is 2.00. The number of nitrogens with zero attached hydrogens (tertiary/aromatic N) is 3. The molecule has 0 fully saturated rings. The van der Waals surface area contributed by atoms with Crippen LogP contribution in [0, 0.1) is 12.8 Å². The summed E-state index contributed by atoms with van der Waals surface area (Å²) in [6, 6.07) is 8.66. The summed E-state index contributed by atoms with van der Waals surface area (Å²) < 4.78 is 2.17. The lowest BCUT2D eigenvalue weighted by Crippen LogP contribution is -2.08. The molecule has 0 atom stereocenters. The van der Waals surface area contributed by atoms with E-state index in [9.17, 15) is 0 Å². The van der Waals surface area contributed by atoms with Gasteiger partial charge in [-0.1, -0.05) is 43.7 Å². The van der Waals surface area contributed by atoms with Crippen molar-refractivity contribution in [3.8, 4) is 0 Å². The highest BCUT2D eigenvalue weighted by Crippen LogP contribution is 2.09. The van der Waals surface area contributed by atoms with E-state index in [1.165, 1.54) is 11.1 Å². The Hall–Kier alpha value is -1.64. The molecule has 0 aliphatic heterocycles. The van der Waals surface area contributed by atoms with Crippen LogP contribution in [0.5, 0.6) is 0 Å². The lowest BCUT2D eigenvalue weighted by Gasteiger charge is -2.09. The molecule has 2 rings (SSSR count). The van der Waals surface area contributed by atoms with Crippen molar-refractivity contribution in [2.75, 3.05) is 0 Å². The number of hydrogen-bond acceptors (Lipinski definition) is 2. The molecule has 0 bridgehead atoms. The molecule has 0 aliphatic carbocycles. The first kappa shape index (κ1) is 12.8. The highest BCUT2D eigenvalue weighted by Gasteiger charge is 2.06. The fourth-order valence-corrected chi connectivity index (χ4v) is 2.14. The summed E-state index contributed by atoms with van der Waals surface area (Å²) in [6.07, 6.45) is 3.82. The third-order valence-corrected chi connectivity index (χ3v) is 2.98. The summed E-state index contributed by atoms with van der Waals surface area (Å²) in [4.78, 5) is 0. The summed E-state index contributed by atoms with van der Waals surface area (Å²) in [6.45, 7) is 7.55. The van der Waals surface area contributed by atoms with E-state index in [-0.39, 0.29) is 0 Å². The minimum atomic E-state index is 0.624. The number of aryl methyl sites for hydroxylation is 3. The minimum Gasteiger partial charge on any atom is -0.317 e. The molecular weight excluding hydrogens is 222 g/mol. The Kier molecular flexibility index (Phi) is 4.13. The van der Waals surface area contributed by atoms with Gasteiger partial charge in [0.2, 0.25) is 0 Å². The third-order valence-electron chi connectivity index (χ3n) is 2.98. The molecule has 1 aromatic carbocycles. The van der Waals surface area contributed by atoms with Crippen molar-refractivity contribution in [3.63, 3.8) is 0 Å². The quantitative estimate of drug-likeness (QED) is 0.808. The number of rotatable bonds is 5. The van der Waals surface area contributed by atoms with Crippen LogP contribution in [-0.4, -0.2) is 14.8 Å². The highest BCUT2D eigenvalue weighted by atomic mass is 15.3. The van der Waals surface area contributed by atoms with Crippen LogP contribution < -0.4 is 0 Å². The SMILES string of the molecule is Cc1cccc(CCc2nncn2CC(C)C)c1. The summed E-state index contributed by atoms with van der Waals surface area (Å²) in [7, 11) is 0. The van der Waals surface area contributed by atoms with Gasteiger partial charge in [0.25, 0.3) is 0 Å². The fraction of sp³-hybridized carbons (Fsp3) is 0.467. The molecule has 1 heterocycles. The smallest absolute Gasteiger partial charge is 0.133 e. The van der Waals surface area contributed by atoms with Gasteiger partial charge in [-0.05, 0) is 24.8 Å². The van der Waals surface area contributed by atoms with Crippen LogP contribution in [0.3, 0.4) is 0 Å². The number of aromatic nitrogens is 3. The van der Waals surface area contributed by atoms with Crippen molar-refractivity contribution >= 4 is 0 Å².